The molecule has 1 heterocycles. The standard InChI is InChI=1S/C28H13F9N4O2.C2H3N.Pd/c29-19-4-1-3-17(18(19)12-38)13-7-20(30)24(21(31)8-13)41-26(43)23-6-2-5-22(40-23)25(42)39-16-10-14(27(32,33)34)9-15(11-16)28(35,36)37;1-2-3;/h1-11H,(H2,39,41,42,43);1H3;/q;;+2/p-2. The fourth-order valence-electron chi connectivity index (χ4n) is 3.72. The summed E-state index contributed by atoms with van der Waals surface area (Å²) in [6.07, 6.45) is -10.4. The fourth-order valence-corrected chi connectivity index (χ4v) is 3.72. The molecule has 0 aliphatic heterocycles. The molecule has 3 aromatic carbocycles. The Balaban J connectivity index is 0.00000185. The first-order valence-corrected chi connectivity index (χ1v) is 12.3. The van der Waals surface area contributed by atoms with Gasteiger partial charge in [-0.05, 0) is 42.0 Å². The Morgan fingerprint density at radius 3 is 1.66 bits per heavy atom. The topological polar surface area (TPSA) is 123 Å². The van der Waals surface area contributed by atoms with Crippen LogP contribution in [0.3, 0.4) is 0 Å². The molecule has 7 nitrogen and oxygen atoms in total. The molecule has 4 aromatic rings. The SMILES string of the molecule is CC#N.N#Cc1c(F)cccc1-c1cc(F)c([N-]C(=O)c2cccc(C(=O)[N-]c3cc(C(F)(F)F)cc(C(F)(F)F)c3)n2)c(F)c1.[Pd+2]. The van der Waals surface area contributed by atoms with Crippen LogP contribution in [-0.2, 0) is 32.8 Å². The van der Waals surface area contributed by atoms with Gasteiger partial charge in [0.05, 0.1) is 34.1 Å². The van der Waals surface area contributed by atoms with Gasteiger partial charge in [-0.2, -0.15) is 36.9 Å². The summed E-state index contributed by atoms with van der Waals surface area (Å²) in [7, 11) is 0. The Bertz CT molecular complexity index is 1840. The summed E-state index contributed by atoms with van der Waals surface area (Å²) in [5.74, 6) is -6.53. The third-order valence-corrected chi connectivity index (χ3v) is 5.66. The number of halogens is 9. The first-order valence-electron chi connectivity index (χ1n) is 12.3. The van der Waals surface area contributed by atoms with Gasteiger partial charge in [-0.1, -0.05) is 36.0 Å². The van der Waals surface area contributed by atoms with Crippen molar-refractivity contribution in [3.8, 4) is 23.3 Å². The average molecular weight is 754 g/mol. The van der Waals surface area contributed by atoms with Gasteiger partial charge in [0.25, 0.3) is 0 Å². The molecule has 244 valence electrons. The van der Waals surface area contributed by atoms with Crippen LogP contribution in [0.25, 0.3) is 21.8 Å². The van der Waals surface area contributed by atoms with Crippen LogP contribution >= 0.6 is 0 Å². The number of carbonyl (C=O) groups is 2. The van der Waals surface area contributed by atoms with Crippen molar-refractivity contribution in [2.45, 2.75) is 19.3 Å². The minimum atomic E-state index is -5.20. The van der Waals surface area contributed by atoms with Crippen LogP contribution in [0.5, 0.6) is 0 Å². The molecule has 0 N–H and O–H groups in total. The van der Waals surface area contributed by atoms with E-state index < -0.39 is 81.1 Å². The molecular weight excluding hydrogens is 740 g/mol. The number of benzene rings is 3. The second-order valence-corrected chi connectivity index (χ2v) is 8.79. The summed E-state index contributed by atoms with van der Waals surface area (Å²) in [6.45, 7) is 1.43. The summed E-state index contributed by atoms with van der Waals surface area (Å²) >= 11 is 0. The summed E-state index contributed by atoms with van der Waals surface area (Å²) in [5, 5.41) is 23.0. The monoisotopic (exact) mass is 753 g/mol. The summed E-state index contributed by atoms with van der Waals surface area (Å²) < 4.78 is 122. The van der Waals surface area contributed by atoms with Crippen LogP contribution < -0.4 is 0 Å². The number of rotatable bonds is 5. The molecule has 47 heavy (non-hydrogen) atoms. The minimum absolute atomic E-state index is 0. The van der Waals surface area contributed by atoms with Crippen molar-refractivity contribution in [1.82, 2.24) is 4.98 Å². The number of carbonyl (C=O) groups excluding carboxylic acids is 2. The third kappa shape index (κ3) is 9.39. The van der Waals surface area contributed by atoms with Gasteiger partial charge in [-0.15, -0.1) is 5.69 Å². The summed E-state index contributed by atoms with van der Waals surface area (Å²) in [5.41, 5.74) is -7.81. The van der Waals surface area contributed by atoms with Crippen molar-refractivity contribution >= 4 is 23.2 Å². The van der Waals surface area contributed by atoms with Crippen LogP contribution in [0.2, 0.25) is 0 Å². The second kappa shape index (κ2) is 15.4. The molecule has 0 bridgehead atoms. The normalized spacial score (nSPS) is 10.7. The van der Waals surface area contributed by atoms with Gasteiger partial charge in [-0.25, -0.2) is 18.2 Å². The van der Waals surface area contributed by atoms with Gasteiger partial charge in [0.15, 0.2) is 0 Å². The maximum atomic E-state index is 14.8. The molecule has 0 unspecified atom stereocenters. The molecule has 4 rings (SSSR count). The largest absolute Gasteiger partial charge is 2.00 e. The van der Waals surface area contributed by atoms with Crippen LogP contribution in [0, 0.1) is 40.1 Å². The van der Waals surface area contributed by atoms with E-state index in [2.05, 4.69) is 15.6 Å². The predicted molar refractivity (Wildman–Crippen MR) is 143 cm³/mol. The van der Waals surface area contributed by atoms with E-state index in [1.807, 2.05) is 0 Å². The second-order valence-electron chi connectivity index (χ2n) is 8.79. The molecular formula is C30H14F9N5O2Pd. The minimum Gasteiger partial charge on any atom is -0.621 e. The number of alkyl halides is 6. The van der Waals surface area contributed by atoms with Crippen LogP contribution in [0.15, 0.2) is 66.7 Å². The number of nitriles is 2. The van der Waals surface area contributed by atoms with Gasteiger partial charge < -0.3 is 20.2 Å². The Labute approximate surface area is 273 Å². The number of pyridine rings is 1. The van der Waals surface area contributed by atoms with Gasteiger partial charge in [0.1, 0.15) is 35.3 Å². The Hall–Kier alpha value is -5.24. The quantitative estimate of drug-likeness (QED) is 0.149. The van der Waals surface area contributed by atoms with Crippen molar-refractivity contribution in [2.75, 3.05) is 0 Å². The van der Waals surface area contributed by atoms with E-state index in [0.29, 0.717) is 12.1 Å². The fraction of sp³-hybridized carbons (Fsp3) is 0.100. The molecule has 0 spiro atoms. The van der Waals surface area contributed by atoms with Gasteiger partial charge >= 0.3 is 32.8 Å². The number of aromatic nitrogens is 1. The van der Waals surface area contributed by atoms with E-state index in [-0.39, 0.29) is 49.7 Å². The first kappa shape index (κ1) is 37.9. The smallest absolute Gasteiger partial charge is 0.621 e. The third-order valence-electron chi connectivity index (χ3n) is 5.66. The van der Waals surface area contributed by atoms with Crippen molar-refractivity contribution in [2.24, 2.45) is 0 Å². The molecule has 1 aromatic heterocycles. The van der Waals surface area contributed by atoms with Crippen molar-refractivity contribution < 1.29 is 69.5 Å². The van der Waals surface area contributed by atoms with Gasteiger partial charge in [-0.3, -0.25) is 0 Å². The van der Waals surface area contributed by atoms with Crippen molar-refractivity contribution in [3.05, 3.63) is 123 Å². The van der Waals surface area contributed by atoms with E-state index in [1.54, 1.807) is 12.1 Å². The van der Waals surface area contributed by atoms with Crippen molar-refractivity contribution in [3.63, 3.8) is 0 Å². The maximum absolute atomic E-state index is 14.8. The van der Waals surface area contributed by atoms with Crippen molar-refractivity contribution in [1.29, 1.82) is 10.5 Å². The van der Waals surface area contributed by atoms with Crippen LogP contribution in [0.1, 0.15) is 44.6 Å². The van der Waals surface area contributed by atoms with E-state index in [0.717, 1.165) is 24.3 Å². The van der Waals surface area contributed by atoms with Gasteiger partial charge in [0.2, 0.25) is 0 Å². The first-order chi connectivity index (χ1) is 21.5. The Morgan fingerprint density at radius 1 is 0.723 bits per heavy atom. The molecule has 0 fully saturated rings. The number of hydrogen-bond donors (Lipinski definition) is 0. The predicted octanol–water partition coefficient (Wildman–Crippen LogP) is 9.29. The maximum Gasteiger partial charge on any atom is 2.00 e. The molecule has 0 atom stereocenters. The molecule has 17 heteroatoms. The molecule has 0 saturated heterocycles. The molecule has 0 radical (unpaired) electrons. The summed E-state index contributed by atoms with van der Waals surface area (Å²) in [4.78, 5) is 28.7. The van der Waals surface area contributed by atoms with E-state index in [1.165, 1.54) is 19.1 Å². The molecule has 2 amide bonds. The Morgan fingerprint density at radius 2 is 1.19 bits per heavy atom. The van der Waals surface area contributed by atoms with Crippen LogP contribution in [0.4, 0.5) is 50.9 Å². The van der Waals surface area contributed by atoms with E-state index >= 15 is 0 Å². The number of nitrogens with zero attached hydrogens (tertiary/aromatic N) is 5. The zero-order valence-corrected chi connectivity index (χ0v) is 24.7. The number of hydrogen-bond acceptors (Lipinski definition) is 5. The summed E-state index contributed by atoms with van der Waals surface area (Å²) in [6, 6.07) is 11.3. The molecule has 0 aliphatic rings. The Kier molecular flexibility index (Phi) is 12.4. The van der Waals surface area contributed by atoms with E-state index in [4.69, 9.17) is 10.5 Å². The van der Waals surface area contributed by atoms with Gasteiger partial charge in [0, 0.05) is 12.5 Å². The van der Waals surface area contributed by atoms with E-state index in [9.17, 15) is 49.1 Å². The average Bonchev–Trinajstić information content (AvgIpc) is 2.98. The zero-order chi connectivity index (χ0) is 34.4. The molecule has 0 saturated carbocycles. The molecule has 0 aliphatic carbocycles. The van der Waals surface area contributed by atoms with Crippen LogP contribution in [-0.4, -0.2) is 16.8 Å². The number of amides is 2. The zero-order valence-electron chi connectivity index (χ0n) is 23.1.